The first-order valence-electron chi connectivity index (χ1n) is 10.8. The summed E-state index contributed by atoms with van der Waals surface area (Å²) in [5.74, 6) is -0.373. The van der Waals surface area contributed by atoms with Crippen LogP contribution in [0.25, 0.3) is 0 Å². The number of aromatic nitrogens is 4. The third kappa shape index (κ3) is 4.57. The molecule has 1 atom stereocenters. The van der Waals surface area contributed by atoms with Gasteiger partial charge >= 0.3 is 0 Å². The number of anilines is 1. The van der Waals surface area contributed by atoms with Gasteiger partial charge in [0.25, 0.3) is 11.8 Å². The molecule has 1 aromatic carbocycles. The third-order valence-electron chi connectivity index (χ3n) is 5.68. The molecule has 1 aliphatic rings. The van der Waals surface area contributed by atoms with Crippen molar-refractivity contribution in [2.24, 2.45) is 0 Å². The Bertz CT molecular complexity index is 1090. The molecule has 2 aromatic heterocycles. The molecule has 32 heavy (non-hydrogen) atoms. The Morgan fingerprint density at radius 2 is 2.00 bits per heavy atom. The number of aryl methyl sites for hydroxylation is 2. The van der Waals surface area contributed by atoms with Crippen molar-refractivity contribution >= 4 is 17.5 Å². The summed E-state index contributed by atoms with van der Waals surface area (Å²) in [7, 11) is 0. The van der Waals surface area contributed by atoms with E-state index in [9.17, 15) is 9.59 Å². The Morgan fingerprint density at radius 3 is 2.66 bits per heavy atom. The van der Waals surface area contributed by atoms with Gasteiger partial charge in [0.15, 0.2) is 6.10 Å². The second-order valence-corrected chi connectivity index (χ2v) is 7.86. The number of rotatable bonds is 6. The summed E-state index contributed by atoms with van der Waals surface area (Å²) in [6.45, 7) is 8.13. The van der Waals surface area contributed by atoms with Gasteiger partial charge in [-0.2, -0.15) is 10.2 Å². The highest BCUT2D eigenvalue weighted by Gasteiger charge is 2.30. The van der Waals surface area contributed by atoms with E-state index in [4.69, 9.17) is 4.74 Å². The predicted molar refractivity (Wildman–Crippen MR) is 119 cm³/mol. The van der Waals surface area contributed by atoms with E-state index in [0.29, 0.717) is 30.9 Å². The molecule has 0 aliphatic carbocycles. The molecule has 9 heteroatoms. The first kappa shape index (κ1) is 21.8. The van der Waals surface area contributed by atoms with Crippen LogP contribution in [0.2, 0.25) is 0 Å². The highest BCUT2D eigenvalue weighted by molar-refractivity contribution is 5.97. The maximum atomic E-state index is 13.0. The summed E-state index contributed by atoms with van der Waals surface area (Å²) in [6.07, 6.45) is 2.91. The Hall–Kier alpha value is -3.46. The van der Waals surface area contributed by atoms with E-state index in [0.717, 1.165) is 23.5 Å². The molecular weight excluding hydrogens is 408 g/mol. The standard InChI is InChI=1S/C23H28N6O3/c1-4-29-17(3)21(16(2)26-29)25-22(30)20-15-27(12-13-32-20)23(31)19-8-6-18(7-9-19)14-28-11-5-10-24-28/h5-11,20H,4,12-15H2,1-3H3,(H,25,30). The van der Waals surface area contributed by atoms with Gasteiger partial charge in [-0.3, -0.25) is 19.0 Å². The fourth-order valence-corrected chi connectivity index (χ4v) is 3.90. The molecule has 0 spiro atoms. The van der Waals surface area contributed by atoms with Crippen molar-refractivity contribution in [3.8, 4) is 0 Å². The maximum Gasteiger partial charge on any atom is 0.255 e. The minimum atomic E-state index is -0.726. The molecule has 1 N–H and O–H groups in total. The number of nitrogens with zero attached hydrogens (tertiary/aromatic N) is 5. The molecular formula is C23H28N6O3. The Morgan fingerprint density at radius 1 is 1.22 bits per heavy atom. The average molecular weight is 437 g/mol. The van der Waals surface area contributed by atoms with E-state index in [2.05, 4.69) is 15.5 Å². The van der Waals surface area contributed by atoms with Gasteiger partial charge in [-0.15, -0.1) is 0 Å². The SMILES string of the molecule is CCn1nc(C)c(NC(=O)C2CN(C(=O)c3ccc(Cn4cccn4)cc3)CCO2)c1C. The molecule has 3 heterocycles. The van der Waals surface area contributed by atoms with Crippen molar-refractivity contribution in [3.63, 3.8) is 0 Å². The third-order valence-corrected chi connectivity index (χ3v) is 5.68. The van der Waals surface area contributed by atoms with E-state index >= 15 is 0 Å². The second-order valence-electron chi connectivity index (χ2n) is 7.86. The fraction of sp³-hybridized carbons (Fsp3) is 0.391. The number of amides is 2. The molecule has 168 valence electrons. The number of morpholine rings is 1. The van der Waals surface area contributed by atoms with Crippen molar-refractivity contribution in [1.29, 1.82) is 0 Å². The molecule has 4 rings (SSSR count). The minimum absolute atomic E-state index is 0.108. The maximum absolute atomic E-state index is 13.0. The molecule has 1 fully saturated rings. The minimum Gasteiger partial charge on any atom is -0.365 e. The summed E-state index contributed by atoms with van der Waals surface area (Å²) >= 11 is 0. The summed E-state index contributed by atoms with van der Waals surface area (Å²) in [5.41, 5.74) is 4.01. The number of benzene rings is 1. The van der Waals surface area contributed by atoms with E-state index in [1.165, 1.54) is 0 Å². The normalized spacial score (nSPS) is 16.2. The van der Waals surface area contributed by atoms with E-state index < -0.39 is 6.10 Å². The number of hydrogen-bond donors (Lipinski definition) is 1. The van der Waals surface area contributed by atoms with Crippen LogP contribution in [-0.2, 0) is 22.6 Å². The molecule has 3 aromatic rings. The van der Waals surface area contributed by atoms with Crippen LogP contribution in [0.15, 0.2) is 42.7 Å². The summed E-state index contributed by atoms with van der Waals surface area (Å²) in [5, 5.41) is 11.6. The quantitative estimate of drug-likeness (QED) is 0.640. The monoisotopic (exact) mass is 436 g/mol. The van der Waals surface area contributed by atoms with E-state index in [-0.39, 0.29) is 18.4 Å². The molecule has 1 saturated heterocycles. The second kappa shape index (κ2) is 9.35. The van der Waals surface area contributed by atoms with Crippen LogP contribution in [-0.4, -0.2) is 62.1 Å². The van der Waals surface area contributed by atoms with E-state index in [1.54, 1.807) is 11.1 Å². The van der Waals surface area contributed by atoms with Crippen LogP contribution >= 0.6 is 0 Å². The number of ether oxygens (including phenoxy) is 1. The summed E-state index contributed by atoms with van der Waals surface area (Å²) in [6, 6.07) is 9.36. The number of nitrogens with one attached hydrogen (secondary N) is 1. The van der Waals surface area contributed by atoms with Crippen LogP contribution in [0.5, 0.6) is 0 Å². The molecule has 0 saturated carbocycles. The van der Waals surface area contributed by atoms with Crippen LogP contribution in [0.3, 0.4) is 0 Å². The number of hydrogen-bond acceptors (Lipinski definition) is 5. The zero-order chi connectivity index (χ0) is 22.7. The summed E-state index contributed by atoms with van der Waals surface area (Å²) < 4.78 is 9.35. The molecule has 0 bridgehead atoms. The number of carbonyl (C=O) groups is 2. The molecule has 2 amide bonds. The lowest BCUT2D eigenvalue weighted by atomic mass is 10.1. The largest absolute Gasteiger partial charge is 0.365 e. The zero-order valence-corrected chi connectivity index (χ0v) is 18.6. The van der Waals surface area contributed by atoms with Gasteiger partial charge in [-0.25, -0.2) is 0 Å². The molecule has 1 aliphatic heterocycles. The van der Waals surface area contributed by atoms with Crippen LogP contribution in [0.1, 0.15) is 34.2 Å². The summed E-state index contributed by atoms with van der Waals surface area (Å²) in [4.78, 5) is 27.5. The highest BCUT2D eigenvalue weighted by atomic mass is 16.5. The van der Waals surface area contributed by atoms with Gasteiger partial charge in [-0.05, 0) is 44.5 Å². The zero-order valence-electron chi connectivity index (χ0n) is 18.6. The smallest absolute Gasteiger partial charge is 0.255 e. The van der Waals surface area contributed by atoms with Crippen molar-refractivity contribution < 1.29 is 14.3 Å². The fourth-order valence-electron chi connectivity index (χ4n) is 3.90. The van der Waals surface area contributed by atoms with Crippen molar-refractivity contribution in [3.05, 3.63) is 65.2 Å². The van der Waals surface area contributed by atoms with Crippen LogP contribution < -0.4 is 5.32 Å². The predicted octanol–water partition coefficient (Wildman–Crippen LogP) is 2.24. The van der Waals surface area contributed by atoms with Crippen molar-refractivity contribution in [2.75, 3.05) is 25.0 Å². The van der Waals surface area contributed by atoms with Crippen molar-refractivity contribution in [2.45, 2.75) is 40.0 Å². The van der Waals surface area contributed by atoms with Gasteiger partial charge < -0.3 is 15.0 Å². The Balaban J connectivity index is 1.39. The molecule has 0 radical (unpaired) electrons. The van der Waals surface area contributed by atoms with Gasteiger partial charge in [-0.1, -0.05) is 12.1 Å². The average Bonchev–Trinajstić information content (AvgIpc) is 3.42. The van der Waals surface area contributed by atoms with Crippen LogP contribution in [0.4, 0.5) is 5.69 Å². The first-order valence-corrected chi connectivity index (χ1v) is 10.8. The van der Waals surface area contributed by atoms with Crippen molar-refractivity contribution in [1.82, 2.24) is 24.5 Å². The lowest BCUT2D eigenvalue weighted by Crippen LogP contribution is -2.50. The van der Waals surface area contributed by atoms with Gasteiger partial charge in [0, 0.05) is 31.0 Å². The topological polar surface area (TPSA) is 94.3 Å². The van der Waals surface area contributed by atoms with Crippen LogP contribution in [0, 0.1) is 13.8 Å². The molecule has 1 unspecified atom stereocenters. The highest BCUT2D eigenvalue weighted by Crippen LogP contribution is 2.21. The lowest BCUT2D eigenvalue weighted by Gasteiger charge is -2.32. The van der Waals surface area contributed by atoms with Gasteiger partial charge in [0.05, 0.1) is 36.8 Å². The lowest BCUT2D eigenvalue weighted by molar-refractivity contribution is -0.131. The van der Waals surface area contributed by atoms with Gasteiger partial charge in [0.2, 0.25) is 0 Å². The van der Waals surface area contributed by atoms with Gasteiger partial charge in [0.1, 0.15) is 0 Å². The first-order chi connectivity index (χ1) is 15.5. The Labute approximate surface area is 187 Å². The molecule has 9 nitrogen and oxygen atoms in total. The van der Waals surface area contributed by atoms with E-state index in [1.807, 2.05) is 66.7 Å². The number of carbonyl (C=O) groups excluding carboxylic acids is 2. The Kier molecular flexibility index (Phi) is 6.36.